The Morgan fingerprint density at radius 3 is 2.65 bits per heavy atom. The van der Waals surface area contributed by atoms with Crippen molar-refractivity contribution in [2.24, 2.45) is 0 Å². The first-order valence-electron chi connectivity index (χ1n) is 5.82. The molecule has 7 heteroatoms. The number of rotatable bonds is 3. The Bertz CT molecular complexity index is 681. The van der Waals surface area contributed by atoms with Gasteiger partial charge in [0.2, 0.25) is 0 Å². The van der Waals surface area contributed by atoms with Gasteiger partial charge in [-0.25, -0.2) is 4.79 Å². The molecule has 2 heterocycles. The zero-order valence-corrected chi connectivity index (χ0v) is 12.1. The second kappa shape index (κ2) is 5.38. The van der Waals surface area contributed by atoms with Gasteiger partial charge in [0.25, 0.3) is 5.91 Å². The molecule has 20 heavy (non-hydrogen) atoms. The first kappa shape index (κ1) is 14.1. The fourth-order valence-corrected chi connectivity index (χ4v) is 2.64. The van der Waals surface area contributed by atoms with Crippen molar-refractivity contribution in [2.75, 3.05) is 11.9 Å². The Morgan fingerprint density at radius 2 is 2.05 bits per heavy atom. The number of aromatic nitrogens is 2. The smallest absolute Gasteiger partial charge is 0.340 e. The second-order valence-electron chi connectivity index (χ2n) is 4.29. The highest BCUT2D eigenvalue weighted by Gasteiger charge is 2.25. The van der Waals surface area contributed by atoms with Crippen molar-refractivity contribution in [2.45, 2.75) is 13.8 Å². The molecule has 0 bridgehead atoms. The zero-order chi connectivity index (χ0) is 14.9. The molecule has 0 aliphatic carbocycles. The highest BCUT2D eigenvalue weighted by atomic mass is 32.1. The summed E-state index contributed by atoms with van der Waals surface area (Å²) in [6, 6.07) is 3.52. The quantitative estimate of drug-likeness (QED) is 0.936. The van der Waals surface area contributed by atoms with Crippen LogP contribution in [0.15, 0.2) is 18.3 Å². The molecular weight excluding hydrogens is 278 g/mol. The predicted octanol–water partition coefficient (Wildman–Crippen LogP) is 2.13. The fourth-order valence-electron chi connectivity index (χ4n) is 1.79. The third kappa shape index (κ3) is 2.39. The number of aromatic carboxylic acids is 1. The van der Waals surface area contributed by atoms with Gasteiger partial charge in [0.1, 0.15) is 16.3 Å². The molecule has 1 amide bonds. The lowest BCUT2D eigenvalue weighted by Gasteiger charge is -2.16. The van der Waals surface area contributed by atoms with Gasteiger partial charge in [-0.15, -0.1) is 0 Å². The van der Waals surface area contributed by atoms with E-state index in [9.17, 15) is 14.7 Å². The van der Waals surface area contributed by atoms with Gasteiger partial charge in [-0.1, -0.05) is 6.07 Å². The SMILES string of the molecule is Cc1cccnc1C(=O)N(C)c1snc(C)c1C(=O)O. The van der Waals surface area contributed by atoms with Gasteiger partial charge in [0, 0.05) is 13.2 Å². The van der Waals surface area contributed by atoms with E-state index in [-0.39, 0.29) is 11.5 Å². The van der Waals surface area contributed by atoms with Crippen molar-refractivity contribution < 1.29 is 14.7 Å². The standard InChI is InChI=1S/C13H13N3O3S/c1-7-5-4-6-14-10(7)11(17)16(3)12-9(13(18)19)8(2)15-20-12/h4-6H,1-3H3,(H,18,19). The number of carboxylic acids is 1. The van der Waals surface area contributed by atoms with Crippen molar-refractivity contribution in [1.29, 1.82) is 0 Å². The summed E-state index contributed by atoms with van der Waals surface area (Å²) in [7, 11) is 1.52. The molecule has 0 unspecified atom stereocenters. The summed E-state index contributed by atoms with van der Waals surface area (Å²) in [6.07, 6.45) is 1.53. The number of aryl methyl sites for hydroxylation is 2. The van der Waals surface area contributed by atoms with Crippen LogP contribution < -0.4 is 4.90 Å². The monoisotopic (exact) mass is 291 g/mol. The van der Waals surface area contributed by atoms with Gasteiger partial charge < -0.3 is 5.11 Å². The molecule has 0 spiro atoms. The maximum atomic E-state index is 12.4. The summed E-state index contributed by atoms with van der Waals surface area (Å²) in [6.45, 7) is 3.39. The van der Waals surface area contributed by atoms with E-state index in [1.807, 2.05) is 0 Å². The molecule has 0 atom stereocenters. The fraction of sp³-hybridized carbons (Fsp3) is 0.231. The normalized spacial score (nSPS) is 10.3. The van der Waals surface area contributed by atoms with Crippen LogP contribution in [0.25, 0.3) is 0 Å². The van der Waals surface area contributed by atoms with Crippen LogP contribution in [-0.2, 0) is 0 Å². The third-order valence-corrected chi connectivity index (χ3v) is 3.90. The number of nitrogens with zero attached hydrogens (tertiary/aromatic N) is 3. The van der Waals surface area contributed by atoms with Crippen LogP contribution in [0.4, 0.5) is 5.00 Å². The number of carbonyl (C=O) groups is 2. The molecule has 0 fully saturated rings. The Balaban J connectivity index is 2.42. The summed E-state index contributed by atoms with van der Waals surface area (Å²) in [5, 5.41) is 9.51. The molecular formula is C13H13N3O3S. The van der Waals surface area contributed by atoms with Crippen LogP contribution in [0.5, 0.6) is 0 Å². The number of hydrogen-bond donors (Lipinski definition) is 1. The Morgan fingerprint density at radius 1 is 1.35 bits per heavy atom. The van der Waals surface area contributed by atoms with Gasteiger partial charge in [-0.3, -0.25) is 14.7 Å². The van der Waals surface area contributed by atoms with E-state index in [0.29, 0.717) is 16.4 Å². The van der Waals surface area contributed by atoms with Crippen LogP contribution in [0, 0.1) is 13.8 Å². The minimum Gasteiger partial charge on any atom is -0.478 e. The van der Waals surface area contributed by atoms with Crippen LogP contribution in [0.3, 0.4) is 0 Å². The van der Waals surface area contributed by atoms with Gasteiger partial charge >= 0.3 is 5.97 Å². The Hall–Kier alpha value is -2.28. The second-order valence-corrected chi connectivity index (χ2v) is 5.04. The van der Waals surface area contributed by atoms with Crippen LogP contribution in [-0.4, -0.2) is 33.4 Å². The summed E-state index contributed by atoms with van der Waals surface area (Å²) in [4.78, 5) is 29.0. The first-order valence-corrected chi connectivity index (χ1v) is 6.60. The molecule has 2 rings (SSSR count). The minimum atomic E-state index is -1.09. The average Bonchev–Trinajstić information content (AvgIpc) is 2.79. The molecule has 2 aromatic rings. The van der Waals surface area contributed by atoms with Crippen molar-refractivity contribution in [3.05, 3.63) is 40.8 Å². The predicted molar refractivity (Wildman–Crippen MR) is 75.5 cm³/mol. The van der Waals surface area contributed by atoms with Gasteiger partial charge in [-0.2, -0.15) is 4.37 Å². The maximum Gasteiger partial charge on any atom is 0.340 e. The van der Waals surface area contributed by atoms with E-state index in [1.165, 1.54) is 18.1 Å². The lowest BCUT2D eigenvalue weighted by atomic mass is 10.2. The molecule has 0 aliphatic rings. The topological polar surface area (TPSA) is 83.4 Å². The van der Waals surface area contributed by atoms with E-state index in [2.05, 4.69) is 9.36 Å². The van der Waals surface area contributed by atoms with Gasteiger partial charge in [0.15, 0.2) is 0 Å². The van der Waals surface area contributed by atoms with Crippen LogP contribution in [0.2, 0.25) is 0 Å². The molecule has 0 saturated carbocycles. The van der Waals surface area contributed by atoms with Gasteiger partial charge in [0.05, 0.1) is 5.69 Å². The third-order valence-electron chi connectivity index (χ3n) is 2.88. The van der Waals surface area contributed by atoms with Crippen molar-refractivity contribution in [1.82, 2.24) is 9.36 Å². The van der Waals surface area contributed by atoms with Crippen molar-refractivity contribution >= 4 is 28.4 Å². The zero-order valence-electron chi connectivity index (χ0n) is 11.2. The number of carboxylic acid groups (broad SMARTS) is 1. The number of amides is 1. The molecule has 0 radical (unpaired) electrons. The molecule has 2 aromatic heterocycles. The largest absolute Gasteiger partial charge is 0.478 e. The summed E-state index contributed by atoms with van der Waals surface area (Å²) in [5.74, 6) is -1.45. The van der Waals surface area contributed by atoms with Crippen molar-refractivity contribution in [3.63, 3.8) is 0 Å². The molecule has 6 nitrogen and oxygen atoms in total. The molecule has 104 valence electrons. The van der Waals surface area contributed by atoms with Crippen molar-refractivity contribution in [3.8, 4) is 0 Å². The van der Waals surface area contributed by atoms with E-state index in [0.717, 1.165) is 17.1 Å². The number of hydrogen-bond acceptors (Lipinski definition) is 5. The highest BCUT2D eigenvalue weighted by Crippen LogP contribution is 2.28. The first-order chi connectivity index (χ1) is 9.43. The number of pyridine rings is 1. The van der Waals surface area contributed by atoms with Crippen LogP contribution >= 0.6 is 11.5 Å². The van der Waals surface area contributed by atoms with E-state index in [1.54, 1.807) is 26.0 Å². The molecule has 0 aromatic carbocycles. The summed E-state index contributed by atoms with van der Waals surface area (Å²) in [5.41, 5.74) is 1.49. The summed E-state index contributed by atoms with van der Waals surface area (Å²) < 4.78 is 4.00. The highest BCUT2D eigenvalue weighted by molar-refractivity contribution is 7.11. The summed E-state index contributed by atoms with van der Waals surface area (Å²) >= 11 is 0.988. The Labute approximate surface area is 119 Å². The van der Waals surface area contributed by atoms with Gasteiger partial charge in [-0.05, 0) is 37.0 Å². The van der Waals surface area contributed by atoms with E-state index in [4.69, 9.17) is 0 Å². The van der Waals surface area contributed by atoms with Crippen LogP contribution in [0.1, 0.15) is 32.1 Å². The lowest BCUT2D eigenvalue weighted by Crippen LogP contribution is -2.28. The average molecular weight is 291 g/mol. The van der Waals surface area contributed by atoms with E-state index < -0.39 is 5.97 Å². The number of anilines is 1. The molecule has 1 N–H and O–H groups in total. The number of carbonyl (C=O) groups excluding carboxylic acids is 1. The molecule has 0 saturated heterocycles. The Kier molecular flexibility index (Phi) is 3.80. The minimum absolute atomic E-state index is 0.0550. The molecule has 0 aliphatic heterocycles. The lowest BCUT2D eigenvalue weighted by molar-refractivity contribution is 0.0697. The van der Waals surface area contributed by atoms with E-state index >= 15 is 0 Å². The maximum absolute atomic E-state index is 12.4.